The van der Waals surface area contributed by atoms with Crippen LogP contribution < -0.4 is 10.6 Å². The highest BCUT2D eigenvalue weighted by molar-refractivity contribution is 9.10. The molecule has 3 aromatic rings. The quantitative estimate of drug-likeness (QED) is 0.604. The van der Waals surface area contributed by atoms with Crippen molar-refractivity contribution in [3.8, 4) is 11.6 Å². The van der Waals surface area contributed by atoms with E-state index in [9.17, 15) is 9.90 Å². The van der Waals surface area contributed by atoms with Gasteiger partial charge in [0.1, 0.15) is 4.88 Å². The molecule has 0 atom stereocenters. The fourth-order valence-corrected chi connectivity index (χ4v) is 4.52. The molecule has 4 rings (SSSR count). The number of thiazole rings is 1. The normalized spacial score (nSPS) is 13.0. The van der Waals surface area contributed by atoms with Crippen molar-refractivity contribution >= 4 is 62.6 Å². The number of hydrogen-bond donors (Lipinski definition) is 1. The van der Waals surface area contributed by atoms with Crippen molar-refractivity contribution in [2.75, 3.05) is 0 Å². The number of fused-ring (bicyclic) bond motifs is 1. The van der Waals surface area contributed by atoms with E-state index in [4.69, 9.17) is 23.8 Å². The van der Waals surface area contributed by atoms with E-state index in [1.165, 1.54) is 15.9 Å². The third kappa shape index (κ3) is 2.77. The Morgan fingerprint density at radius 3 is 2.64 bits per heavy atom. The van der Waals surface area contributed by atoms with Crippen LogP contribution in [-0.2, 0) is 4.79 Å². The SMILES string of the molecule is O=C1N=c2ccc(Br)cc2=C1c1sc(=S)n(-c2ccc(Cl)cc2)c1O. The maximum absolute atomic E-state index is 12.4. The summed E-state index contributed by atoms with van der Waals surface area (Å²) in [5, 5.41) is 12.6. The van der Waals surface area contributed by atoms with Gasteiger partial charge in [-0.2, -0.15) is 0 Å². The van der Waals surface area contributed by atoms with Crippen LogP contribution in [0.1, 0.15) is 4.88 Å². The van der Waals surface area contributed by atoms with Gasteiger partial charge in [0.05, 0.1) is 16.6 Å². The summed E-state index contributed by atoms with van der Waals surface area (Å²) in [5.41, 5.74) is 1.03. The van der Waals surface area contributed by atoms with Crippen LogP contribution in [0.2, 0.25) is 5.02 Å². The second-order valence-corrected chi connectivity index (χ2v) is 8.28. The summed E-state index contributed by atoms with van der Waals surface area (Å²) >= 11 is 15.9. The molecule has 0 spiro atoms. The number of aromatic hydroxyl groups is 1. The highest BCUT2D eigenvalue weighted by Gasteiger charge is 2.25. The number of nitrogens with zero attached hydrogens (tertiary/aromatic N) is 2. The summed E-state index contributed by atoms with van der Waals surface area (Å²) in [6, 6.07) is 12.3. The van der Waals surface area contributed by atoms with Gasteiger partial charge in [-0.15, -0.1) is 11.3 Å². The molecule has 0 bridgehead atoms. The summed E-state index contributed by atoms with van der Waals surface area (Å²) < 4.78 is 2.77. The highest BCUT2D eigenvalue weighted by atomic mass is 79.9. The van der Waals surface area contributed by atoms with Gasteiger partial charge in [0.2, 0.25) is 5.88 Å². The van der Waals surface area contributed by atoms with Crippen molar-refractivity contribution in [3.63, 3.8) is 0 Å². The van der Waals surface area contributed by atoms with Gasteiger partial charge in [0, 0.05) is 14.7 Å². The Morgan fingerprint density at radius 1 is 1.20 bits per heavy atom. The predicted octanol–water partition coefficient (Wildman–Crippen LogP) is 3.75. The lowest BCUT2D eigenvalue weighted by Gasteiger charge is -2.05. The topological polar surface area (TPSA) is 54.6 Å². The lowest BCUT2D eigenvalue weighted by Crippen LogP contribution is -2.22. The second-order valence-electron chi connectivity index (χ2n) is 5.29. The number of amides is 1. The molecule has 0 saturated heterocycles. The van der Waals surface area contributed by atoms with E-state index in [2.05, 4.69) is 20.9 Å². The van der Waals surface area contributed by atoms with Crippen LogP contribution in [0.5, 0.6) is 5.88 Å². The lowest BCUT2D eigenvalue weighted by molar-refractivity contribution is -0.112. The molecule has 0 radical (unpaired) electrons. The molecule has 1 N–H and O–H groups in total. The van der Waals surface area contributed by atoms with Crippen molar-refractivity contribution < 1.29 is 9.90 Å². The van der Waals surface area contributed by atoms with Gasteiger partial charge in [0.15, 0.2) is 3.95 Å². The number of aromatic nitrogens is 1. The largest absolute Gasteiger partial charge is 0.493 e. The maximum atomic E-state index is 12.4. The van der Waals surface area contributed by atoms with Crippen LogP contribution in [0.25, 0.3) is 11.3 Å². The standard InChI is InChI=1S/C17H8BrClN2O2S2/c18-8-1-6-12-11(7-8)13(15(22)20-12)14-16(23)21(17(24)25-14)10-4-2-9(19)3-5-10/h1-7,23H. The van der Waals surface area contributed by atoms with E-state index in [1.807, 2.05) is 12.1 Å². The van der Waals surface area contributed by atoms with E-state index in [0.29, 0.717) is 35.7 Å². The molecule has 0 fully saturated rings. The Hall–Kier alpha value is -1.80. The first-order chi connectivity index (χ1) is 12.0. The monoisotopic (exact) mass is 450 g/mol. The molecule has 1 amide bonds. The molecular weight excluding hydrogens is 444 g/mol. The molecule has 2 aromatic carbocycles. The molecular formula is C17H8BrClN2O2S2. The third-order valence-electron chi connectivity index (χ3n) is 3.76. The second kappa shape index (κ2) is 6.17. The number of benzene rings is 2. The fourth-order valence-electron chi connectivity index (χ4n) is 2.65. The maximum Gasteiger partial charge on any atom is 0.279 e. The number of carbonyl (C=O) groups is 1. The molecule has 1 aromatic heterocycles. The van der Waals surface area contributed by atoms with Gasteiger partial charge >= 0.3 is 0 Å². The highest BCUT2D eigenvalue weighted by Crippen LogP contribution is 2.35. The van der Waals surface area contributed by atoms with Crippen LogP contribution >= 0.6 is 51.1 Å². The number of hydrogen-bond acceptors (Lipinski definition) is 4. The molecule has 1 aliphatic heterocycles. The Kier molecular flexibility index (Phi) is 4.11. The first-order valence-corrected chi connectivity index (χ1v) is 9.49. The average Bonchev–Trinajstić information content (AvgIpc) is 3.04. The first-order valence-electron chi connectivity index (χ1n) is 7.10. The van der Waals surface area contributed by atoms with Gasteiger partial charge in [-0.25, -0.2) is 4.99 Å². The smallest absolute Gasteiger partial charge is 0.279 e. The summed E-state index contributed by atoms with van der Waals surface area (Å²) in [5.74, 6) is -0.466. The van der Waals surface area contributed by atoms with Gasteiger partial charge in [-0.3, -0.25) is 9.36 Å². The van der Waals surface area contributed by atoms with Gasteiger partial charge in [-0.1, -0.05) is 27.5 Å². The molecule has 0 aliphatic carbocycles. The fraction of sp³-hybridized carbons (Fsp3) is 0. The van der Waals surface area contributed by atoms with Gasteiger partial charge < -0.3 is 5.11 Å². The molecule has 124 valence electrons. The van der Waals surface area contributed by atoms with Crippen LogP contribution in [0, 0.1) is 3.95 Å². The zero-order chi connectivity index (χ0) is 17.7. The third-order valence-corrected chi connectivity index (χ3v) is 5.89. The minimum Gasteiger partial charge on any atom is -0.493 e. The number of carbonyl (C=O) groups excluding carboxylic acids is 1. The van der Waals surface area contributed by atoms with Crippen molar-refractivity contribution in [1.29, 1.82) is 0 Å². The average molecular weight is 452 g/mol. The van der Waals surface area contributed by atoms with E-state index in [-0.39, 0.29) is 11.8 Å². The zero-order valence-corrected chi connectivity index (χ0v) is 16.3. The molecule has 4 nitrogen and oxygen atoms in total. The number of rotatable bonds is 2. The van der Waals surface area contributed by atoms with E-state index in [1.54, 1.807) is 30.3 Å². The van der Waals surface area contributed by atoms with Crippen LogP contribution in [-0.4, -0.2) is 15.6 Å². The van der Waals surface area contributed by atoms with E-state index < -0.39 is 0 Å². The van der Waals surface area contributed by atoms with Crippen molar-refractivity contribution in [3.05, 3.63) is 71.4 Å². The first kappa shape index (κ1) is 16.7. The Bertz CT molecular complexity index is 1210. The molecule has 2 heterocycles. The summed E-state index contributed by atoms with van der Waals surface area (Å²) in [6.07, 6.45) is 0. The molecule has 1 aliphatic rings. The predicted molar refractivity (Wildman–Crippen MR) is 104 cm³/mol. The minimum absolute atomic E-state index is 0.0799. The molecule has 0 saturated carbocycles. The number of halogens is 2. The zero-order valence-electron chi connectivity index (χ0n) is 12.4. The van der Waals surface area contributed by atoms with Gasteiger partial charge in [-0.05, 0) is 54.7 Å². The Morgan fingerprint density at radius 2 is 1.92 bits per heavy atom. The molecule has 8 heteroatoms. The van der Waals surface area contributed by atoms with E-state index in [0.717, 1.165) is 4.47 Å². The van der Waals surface area contributed by atoms with Crippen LogP contribution in [0.15, 0.2) is 51.9 Å². The van der Waals surface area contributed by atoms with Crippen LogP contribution in [0.4, 0.5) is 0 Å². The Labute approximate surface area is 164 Å². The Balaban J connectivity index is 2.00. The summed E-state index contributed by atoms with van der Waals surface area (Å²) in [4.78, 5) is 16.9. The van der Waals surface area contributed by atoms with Crippen molar-refractivity contribution in [1.82, 2.24) is 4.57 Å². The van der Waals surface area contributed by atoms with Gasteiger partial charge in [0.25, 0.3) is 5.91 Å². The lowest BCUT2D eigenvalue weighted by atomic mass is 10.1. The van der Waals surface area contributed by atoms with Crippen molar-refractivity contribution in [2.45, 2.75) is 0 Å². The summed E-state index contributed by atoms with van der Waals surface area (Å²) in [7, 11) is 0. The van der Waals surface area contributed by atoms with Crippen molar-refractivity contribution in [2.24, 2.45) is 4.99 Å². The summed E-state index contributed by atoms with van der Waals surface area (Å²) in [6.45, 7) is 0. The molecule has 0 unspecified atom stereocenters. The minimum atomic E-state index is -0.386. The van der Waals surface area contributed by atoms with Crippen LogP contribution in [0.3, 0.4) is 0 Å². The molecule has 25 heavy (non-hydrogen) atoms. The van der Waals surface area contributed by atoms with E-state index >= 15 is 0 Å².